The highest BCUT2D eigenvalue weighted by atomic mass is 16.6. The Hall–Kier alpha value is -4.77. The number of alkyl carbamates (subject to hydrolysis) is 1. The molecule has 2 atom stereocenters. The summed E-state index contributed by atoms with van der Waals surface area (Å²) in [6.45, 7) is 8.09. The first-order chi connectivity index (χ1) is 23.0. The molecule has 1 saturated heterocycles. The van der Waals surface area contributed by atoms with Crippen molar-refractivity contribution in [2.24, 2.45) is 0 Å². The van der Waals surface area contributed by atoms with Crippen LogP contribution in [0, 0.1) is 0 Å². The Labute approximate surface area is 281 Å². The van der Waals surface area contributed by atoms with Crippen LogP contribution < -0.4 is 5.32 Å². The monoisotopic (exact) mass is 655 g/mol. The average molecular weight is 656 g/mol. The number of carbonyl (C=O) groups is 3. The number of benzene rings is 2. The van der Waals surface area contributed by atoms with Crippen LogP contribution >= 0.6 is 0 Å². The number of fused-ring (bicyclic) bond motifs is 1. The van der Waals surface area contributed by atoms with E-state index in [-0.39, 0.29) is 23.9 Å². The molecule has 1 fully saturated rings. The molecule has 0 saturated carbocycles. The van der Waals surface area contributed by atoms with E-state index < -0.39 is 23.7 Å². The lowest BCUT2D eigenvalue weighted by Crippen LogP contribution is -2.46. The molecule has 48 heavy (non-hydrogen) atoms. The molecule has 0 spiro atoms. The van der Waals surface area contributed by atoms with E-state index in [1.807, 2.05) is 47.4 Å². The molecule has 2 amide bonds. The fourth-order valence-corrected chi connectivity index (χ4v) is 6.22. The highest BCUT2D eigenvalue weighted by Gasteiger charge is 2.30. The quantitative estimate of drug-likeness (QED) is 0.176. The molecule has 1 aliphatic heterocycles. The Balaban J connectivity index is 1.30. The van der Waals surface area contributed by atoms with Gasteiger partial charge in [0.05, 0.1) is 11.0 Å². The summed E-state index contributed by atoms with van der Waals surface area (Å²) in [7, 11) is 1.71. The minimum Gasteiger partial charge on any atom is -0.477 e. The van der Waals surface area contributed by atoms with Crippen molar-refractivity contribution in [1.82, 2.24) is 24.8 Å². The molecule has 2 N–H and O–H groups in total. The number of carbonyl (C=O) groups excluding carboxylic acids is 2. The summed E-state index contributed by atoms with van der Waals surface area (Å²) in [5.41, 5.74) is 3.95. The summed E-state index contributed by atoms with van der Waals surface area (Å²) < 4.78 is 13.1. The number of pyridine rings is 1. The molecule has 4 aromatic rings. The number of nitrogens with zero attached hydrogens (tertiary/aromatic N) is 4. The molecular weight excluding hydrogens is 610 g/mol. The fourth-order valence-electron chi connectivity index (χ4n) is 6.22. The number of carboxylic acids is 1. The molecular formula is C37H45N5O6. The second-order valence-electron chi connectivity index (χ2n) is 13.3. The van der Waals surface area contributed by atoms with Crippen LogP contribution in [0.4, 0.5) is 4.79 Å². The fraction of sp³-hybridized carbons (Fsp3) is 0.432. The van der Waals surface area contributed by atoms with Gasteiger partial charge in [0.15, 0.2) is 0 Å². The van der Waals surface area contributed by atoms with Crippen molar-refractivity contribution < 1.29 is 29.0 Å². The number of carboxylic acid groups (broad SMARTS) is 1. The minimum absolute atomic E-state index is 0.0168. The van der Waals surface area contributed by atoms with Gasteiger partial charge in [-0.2, -0.15) is 0 Å². The Morgan fingerprint density at radius 3 is 2.48 bits per heavy atom. The molecule has 2 aromatic carbocycles. The van der Waals surface area contributed by atoms with E-state index in [4.69, 9.17) is 19.6 Å². The third kappa shape index (κ3) is 8.97. The van der Waals surface area contributed by atoms with Crippen molar-refractivity contribution in [3.63, 3.8) is 0 Å². The lowest BCUT2D eigenvalue weighted by molar-refractivity contribution is -0.133. The van der Waals surface area contributed by atoms with Crippen molar-refractivity contribution in [3.8, 4) is 11.1 Å². The topological polar surface area (TPSA) is 136 Å². The number of aromatic carboxylic acids is 1. The summed E-state index contributed by atoms with van der Waals surface area (Å²) in [4.78, 5) is 48.8. The van der Waals surface area contributed by atoms with Crippen LogP contribution in [0.15, 0.2) is 66.9 Å². The Bertz CT molecular complexity index is 1710. The second kappa shape index (κ2) is 15.4. The Morgan fingerprint density at radius 1 is 1.04 bits per heavy atom. The maximum absolute atomic E-state index is 13.9. The summed E-state index contributed by atoms with van der Waals surface area (Å²) in [6.07, 6.45) is 4.19. The number of piperidine rings is 1. The summed E-state index contributed by atoms with van der Waals surface area (Å²) >= 11 is 0. The van der Waals surface area contributed by atoms with Crippen molar-refractivity contribution in [3.05, 3.63) is 83.9 Å². The van der Waals surface area contributed by atoms with E-state index in [1.54, 1.807) is 33.9 Å². The Morgan fingerprint density at radius 2 is 1.79 bits per heavy atom. The number of nitrogens with one attached hydrogen (secondary N) is 1. The third-order valence-corrected chi connectivity index (χ3v) is 8.45. The smallest absolute Gasteiger partial charge is 0.407 e. The lowest BCUT2D eigenvalue weighted by atomic mass is 9.95. The standard InChI is InChI=1S/C37H45N5O6/c1-37(2,3)48-36(46)39-29(21-25-12-14-26(15-13-25)27-16-17-31(35(44)45)38-23-27)22-33(43)41-18-7-9-28(24-41)34-40-30-10-5-6-11-32(30)42(34)19-8-20-47-4/h5-6,10-17,23,28-29H,7-9,18-22,24H2,1-4H3,(H,39,46)(H,44,45)/t28-,29-/m1/s1. The predicted molar refractivity (Wildman–Crippen MR) is 183 cm³/mol. The van der Waals surface area contributed by atoms with E-state index >= 15 is 0 Å². The SMILES string of the molecule is COCCCn1c([C@@H]2CCCN(C(=O)C[C@@H](Cc3ccc(-c4ccc(C(=O)O)nc4)cc3)NC(=O)OC(C)(C)C)C2)nc2ccccc21. The van der Waals surface area contributed by atoms with E-state index in [2.05, 4.69) is 20.9 Å². The molecule has 11 heteroatoms. The number of rotatable bonds is 12. The maximum Gasteiger partial charge on any atom is 0.407 e. The van der Waals surface area contributed by atoms with Crippen LogP contribution in [-0.4, -0.2) is 81.0 Å². The van der Waals surface area contributed by atoms with E-state index in [9.17, 15) is 14.4 Å². The number of imidazole rings is 1. The molecule has 11 nitrogen and oxygen atoms in total. The first-order valence-electron chi connectivity index (χ1n) is 16.5. The van der Waals surface area contributed by atoms with E-state index in [0.717, 1.165) is 59.4 Å². The van der Waals surface area contributed by atoms with Gasteiger partial charge in [0, 0.05) is 63.5 Å². The molecule has 0 bridgehead atoms. The number of hydrogen-bond donors (Lipinski definition) is 2. The van der Waals surface area contributed by atoms with Crippen LogP contribution in [0.25, 0.3) is 22.2 Å². The Kier molecular flexibility index (Phi) is 11.1. The predicted octanol–water partition coefficient (Wildman–Crippen LogP) is 6.07. The van der Waals surface area contributed by atoms with Gasteiger partial charge in [0.25, 0.3) is 0 Å². The molecule has 5 rings (SSSR count). The molecule has 1 aliphatic rings. The normalized spacial score (nSPS) is 15.7. The molecule has 0 radical (unpaired) electrons. The number of aryl methyl sites for hydroxylation is 1. The number of amides is 2. The van der Waals surface area contributed by atoms with Gasteiger partial charge in [0.2, 0.25) is 5.91 Å². The van der Waals surface area contributed by atoms with Crippen molar-refractivity contribution in [1.29, 1.82) is 0 Å². The summed E-state index contributed by atoms with van der Waals surface area (Å²) in [5.74, 6) is -0.000485. The van der Waals surface area contributed by atoms with Crippen molar-refractivity contribution in [2.45, 2.75) is 77.0 Å². The number of hydrogen-bond acceptors (Lipinski definition) is 7. The van der Waals surface area contributed by atoms with Gasteiger partial charge in [-0.25, -0.2) is 19.6 Å². The van der Waals surface area contributed by atoms with Crippen LogP contribution in [0.2, 0.25) is 0 Å². The van der Waals surface area contributed by atoms with Crippen molar-refractivity contribution in [2.75, 3.05) is 26.8 Å². The maximum atomic E-state index is 13.9. The highest BCUT2D eigenvalue weighted by Crippen LogP contribution is 2.30. The zero-order valence-corrected chi connectivity index (χ0v) is 28.1. The highest BCUT2D eigenvalue weighted by molar-refractivity contribution is 5.85. The first kappa shape index (κ1) is 34.6. The van der Waals surface area contributed by atoms with Gasteiger partial charge >= 0.3 is 12.1 Å². The van der Waals surface area contributed by atoms with Gasteiger partial charge in [-0.3, -0.25) is 4.79 Å². The van der Waals surface area contributed by atoms with Crippen molar-refractivity contribution >= 4 is 29.0 Å². The van der Waals surface area contributed by atoms with Crippen LogP contribution in [0.5, 0.6) is 0 Å². The second-order valence-corrected chi connectivity index (χ2v) is 13.3. The number of aromatic nitrogens is 3. The molecule has 2 aromatic heterocycles. The van der Waals surface area contributed by atoms with Gasteiger partial charge in [-0.15, -0.1) is 0 Å². The molecule has 0 unspecified atom stereocenters. The number of ether oxygens (including phenoxy) is 2. The van der Waals surface area contributed by atoms with Crippen LogP contribution in [0.3, 0.4) is 0 Å². The first-order valence-corrected chi connectivity index (χ1v) is 16.5. The van der Waals surface area contributed by atoms with Gasteiger partial charge in [0.1, 0.15) is 17.1 Å². The largest absolute Gasteiger partial charge is 0.477 e. The lowest BCUT2D eigenvalue weighted by Gasteiger charge is -2.34. The number of methoxy groups -OCH3 is 1. The average Bonchev–Trinajstić information content (AvgIpc) is 3.43. The zero-order valence-electron chi connectivity index (χ0n) is 28.1. The molecule has 254 valence electrons. The number of likely N-dealkylation sites (tertiary alicyclic amines) is 1. The van der Waals surface area contributed by atoms with Crippen LogP contribution in [-0.2, 0) is 27.2 Å². The third-order valence-electron chi connectivity index (χ3n) is 8.45. The zero-order chi connectivity index (χ0) is 34.3. The van der Waals surface area contributed by atoms with E-state index in [1.165, 1.54) is 12.3 Å². The van der Waals surface area contributed by atoms with Gasteiger partial charge in [-0.05, 0) is 75.8 Å². The van der Waals surface area contributed by atoms with Crippen LogP contribution in [0.1, 0.15) is 74.2 Å². The molecule has 3 heterocycles. The van der Waals surface area contributed by atoms with E-state index in [0.29, 0.717) is 26.1 Å². The van der Waals surface area contributed by atoms with Gasteiger partial charge < -0.3 is 29.4 Å². The minimum atomic E-state index is -1.08. The summed E-state index contributed by atoms with van der Waals surface area (Å²) in [6, 6.07) is 18.6. The van der Waals surface area contributed by atoms with Gasteiger partial charge in [-0.1, -0.05) is 42.5 Å². The number of para-hydroxylation sites is 2. The molecule has 0 aliphatic carbocycles. The summed E-state index contributed by atoms with van der Waals surface area (Å²) in [5, 5.41) is 12.1.